The predicted octanol–water partition coefficient (Wildman–Crippen LogP) is 2.68. The largest absolute Gasteiger partial charge is 0.342 e. The molecule has 1 amide bonds. The van der Waals surface area contributed by atoms with E-state index in [1.54, 1.807) is 0 Å². The van der Waals surface area contributed by atoms with Crippen molar-refractivity contribution >= 4 is 17.5 Å². The lowest BCUT2D eigenvalue weighted by molar-refractivity contribution is -0.130. The van der Waals surface area contributed by atoms with Gasteiger partial charge in [-0.15, -0.1) is 0 Å². The number of benzene rings is 1. The van der Waals surface area contributed by atoms with Crippen LogP contribution in [-0.2, 0) is 17.6 Å². The van der Waals surface area contributed by atoms with Crippen LogP contribution in [0.25, 0.3) is 0 Å². The maximum Gasteiger partial charge on any atom is 0.227 e. The van der Waals surface area contributed by atoms with Crippen LogP contribution in [0.4, 0.5) is 0 Å². The molecule has 86 valence electrons. The van der Waals surface area contributed by atoms with Gasteiger partial charge in [0.2, 0.25) is 5.91 Å². The highest BCUT2D eigenvalue weighted by Crippen LogP contribution is 2.24. The Morgan fingerprint density at radius 1 is 1.44 bits per heavy atom. The van der Waals surface area contributed by atoms with E-state index in [1.807, 2.05) is 23.1 Å². The lowest BCUT2D eigenvalue weighted by Gasteiger charge is -2.19. The van der Waals surface area contributed by atoms with E-state index >= 15 is 0 Å². The summed E-state index contributed by atoms with van der Waals surface area (Å²) in [7, 11) is 0. The first-order chi connectivity index (χ1) is 7.72. The first-order valence-corrected chi connectivity index (χ1v) is 6.14. The van der Waals surface area contributed by atoms with E-state index in [2.05, 4.69) is 6.92 Å². The van der Waals surface area contributed by atoms with Crippen molar-refractivity contribution in [3.63, 3.8) is 0 Å². The number of hydrogen-bond donors (Lipinski definition) is 0. The first-order valence-electron chi connectivity index (χ1n) is 5.76. The van der Waals surface area contributed by atoms with E-state index in [0.717, 1.165) is 42.1 Å². The van der Waals surface area contributed by atoms with Crippen LogP contribution in [-0.4, -0.2) is 23.9 Å². The van der Waals surface area contributed by atoms with Gasteiger partial charge in [-0.2, -0.15) is 0 Å². The summed E-state index contributed by atoms with van der Waals surface area (Å²) in [5.74, 6) is 0.225. The van der Waals surface area contributed by atoms with E-state index < -0.39 is 0 Å². The zero-order valence-electron chi connectivity index (χ0n) is 9.50. The molecule has 0 bridgehead atoms. The van der Waals surface area contributed by atoms with Gasteiger partial charge in [-0.1, -0.05) is 30.7 Å². The summed E-state index contributed by atoms with van der Waals surface area (Å²) in [6, 6.07) is 5.83. The van der Waals surface area contributed by atoms with Crippen molar-refractivity contribution < 1.29 is 4.79 Å². The average Bonchev–Trinajstić information content (AvgIpc) is 2.41. The highest BCUT2D eigenvalue weighted by Gasteiger charge is 2.20. The molecule has 1 aliphatic heterocycles. The maximum atomic E-state index is 12.0. The van der Waals surface area contributed by atoms with Crippen molar-refractivity contribution in [3.8, 4) is 0 Å². The Hall–Kier alpha value is -1.02. The summed E-state index contributed by atoms with van der Waals surface area (Å²) in [6.07, 6.45) is 2.38. The summed E-state index contributed by atoms with van der Waals surface area (Å²) in [5.41, 5.74) is 2.24. The molecule has 0 N–H and O–H groups in total. The SMILES string of the molecule is CCCN1CCc2c(Cl)cccc2CC1=O. The summed E-state index contributed by atoms with van der Waals surface area (Å²) in [5, 5.41) is 0.795. The second-order valence-corrected chi connectivity index (χ2v) is 4.59. The van der Waals surface area contributed by atoms with Gasteiger partial charge >= 0.3 is 0 Å². The van der Waals surface area contributed by atoms with Gasteiger partial charge in [-0.25, -0.2) is 0 Å². The molecule has 1 heterocycles. The lowest BCUT2D eigenvalue weighted by Crippen LogP contribution is -2.32. The number of carbonyl (C=O) groups is 1. The fraction of sp³-hybridized carbons (Fsp3) is 0.462. The van der Waals surface area contributed by atoms with E-state index in [4.69, 9.17) is 11.6 Å². The van der Waals surface area contributed by atoms with Gasteiger partial charge in [0.25, 0.3) is 0 Å². The minimum Gasteiger partial charge on any atom is -0.342 e. The fourth-order valence-electron chi connectivity index (χ4n) is 2.20. The third-order valence-electron chi connectivity index (χ3n) is 3.04. The smallest absolute Gasteiger partial charge is 0.227 e. The lowest BCUT2D eigenvalue weighted by atomic mass is 10.0. The third-order valence-corrected chi connectivity index (χ3v) is 3.39. The monoisotopic (exact) mass is 237 g/mol. The predicted molar refractivity (Wildman–Crippen MR) is 65.7 cm³/mol. The van der Waals surface area contributed by atoms with Crippen molar-refractivity contribution in [1.29, 1.82) is 0 Å². The Bertz CT molecular complexity index is 403. The highest BCUT2D eigenvalue weighted by atomic mass is 35.5. The molecule has 1 aliphatic rings. The first kappa shape index (κ1) is 11.5. The minimum atomic E-state index is 0.225. The molecule has 1 aromatic carbocycles. The van der Waals surface area contributed by atoms with Gasteiger partial charge in [0.15, 0.2) is 0 Å². The van der Waals surface area contributed by atoms with Gasteiger partial charge < -0.3 is 4.90 Å². The van der Waals surface area contributed by atoms with Crippen LogP contribution in [0.1, 0.15) is 24.5 Å². The second-order valence-electron chi connectivity index (χ2n) is 4.19. The molecule has 1 aromatic rings. The molecular formula is C13H16ClNO. The van der Waals surface area contributed by atoms with Crippen LogP contribution < -0.4 is 0 Å². The molecule has 3 heteroatoms. The molecule has 0 fully saturated rings. The summed E-state index contributed by atoms with van der Waals surface area (Å²) in [4.78, 5) is 13.9. The number of nitrogens with zero attached hydrogens (tertiary/aromatic N) is 1. The van der Waals surface area contributed by atoms with Crippen molar-refractivity contribution in [1.82, 2.24) is 4.90 Å². The standard InChI is InChI=1S/C13H16ClNO/c1-2-7-15-8-6-11-10(9-13(15)16)4-3-5-12(11)14/h3-5H,2,6-9H2,1H3. The molecule has 0 aromatic heterocycles. The molecule has 0 atom stereocenters. The zero-order valence-corrected chi connectivity index (χ0v) is 10.3. The van der Waals surface area contributed by atoms with E-state index in [0.29, 0.717) is 6.42 Å². The molecule has 0 spiro atoms. The topological polar surface area (TPSA) is 20.3 Å². The summed E-state index contributed by atoms with van der Waals surface area (Å²) >= 11 is 6.16. The number of fused-ring (bicyclic) bond motifs is 1. The summed E-state index contributed by atoms with van der Waals surface area (Å²) < 4.78 is 0. The van der Waals surface area contributed by atoms with Crippen LogP contribution in [0.15, 0.2) is 18.2 Å². The maximum absolute atomic E-state index is 12.0. The van der Waals surface area contributed by atoms with Crippen LogP contribution in [0.2, 0.25) is 5.02 Å². The Kier molecular flexibility index (Phi) is 3.49. The van der Waals surface area contributed by atoms with Crippen molar-refractivity contribution in [2.24, 2.45) is 0 Å². The normalized spacial score (nSPS) is 15.9. The fourth-order valence-corrected chi connectivity index (χ4v) is 2.49. The minimum absolute atomic E-state index is 0.225. The van der Waals surface area contributed by atoms with Gasteiger partial charge in [0.05, 0.1) is 6.42 Å². The Labute approximate surface area is 101 Å². The highest BCUT2D eigenvalue weighted by molar-refractivity contribution is 6.31. The number of amides is 1. The van der Waals surface area contributed by atoms with E-state index in [-0.39, 0.29) is 5.91 Å². The van der Waals surface area contributed by atoms with Crippen molar-refractivity contribution in [3.05, 3.63) is 34.3 Å². The number of carbonyl (C=O) groups excluding carboxylic acids is 1. The van der Waals surface area contributed by atoms with Crippen LogP contribution in [0, 0.1) is 0 Å². The molecule has 16 heavy (non-hydrogen) atoms. The number of hydrogen-bond acceptors (Lipinski definition) is 1. The molecular weight excluding hydrogens is 222 g/mol. The molecule has 0 radical (unpaired) electrons. The Morgan fingerprint density at radius 2 is 2.25 bits per heavy atom. The van der Waals surface area contributed by atoms with Crippen LogP contribution in [0.5, 0.6) is 0 Å². The van der Waals surface area contributed by atoms with Gasteiger partial charge in [0.1, 0.15) is 0 Å². The van der Waals surface area contributed by atoms with Gasteiger partial charge in [-0.3, -0.25) is 4.79 Å². The van der Waals surface area contributed by atoms with E-state index in [1.165, 1.54) is 0 Å². The van der Waals surface area contributed by atoms with Gasteiger partial charge in [0, 0.05) is 18.1 Å². The van der Waals surface area contributed by atoms with E-state index in [9.17, 15) is 4.79 Å². The van der Waals surface area contributed by atoms with Crippen LogP contribution in [0.3, 0.4) is 0 Å². The third kappa shape index (κ3) is 2.22. The Morgan fingerprint density at radius 3 is 3.00 bits per heavy atom. The zero-order chi connectivity index (χ0) is 11.5. The van der Waals surface area contributed by atoms with Crippen molar-refractivity contribution in [2.75, 3.05) is 13.1 Å². The Balaban J connectivity index is 2.26. The molecule has 2 rings (SSSR count). The number of rotatable bonds is 2. The second kappa shape index (κ2) is 4.88. The van der Waals surface area contributed by atoms with Gasteiger partial charge in [-0.05, 0) is 30.0 Å². The molecule has 0 aliphatic carbocycles. The molecule has 0 unspecified atom stereocenters. The quantitative estimate of drug-likeness (QED) is 0.775. The summed E-state index contributed by atoms with van der Waals surface area (Å²) in [6.45, 7) is 3.74. The number of halogens is 1. The molecule has 0 saturated carbocycles. The average molecular weight is 238 g/mol. The van der Waals surface area contributed by atoms with Crippen molar-refractivity contribution in [2.45, 2.75) is 26.2 Å². The molecule has 0 saturated heterocycles. The molecule has 2 nitrogen and oxygen atoms in total. The van der Waals surface area contributed by atoms with Crippen LogP contribution >= 0.6 is 11.6 Å².